The second-order valence-electron chi connectivity index (χ2n) is 4.67. The molecule has 1 fully saturated rings. The van der Waals surface area contributed by atoms with Crippen LogP contribution in [0.2, 0.25) is 0 Å². The third-order valence-corrected chi connectivity index (χ3v) is 2.41. The quantitative estimate of drug-likeness (QED) is 0.690. The molecule has 1 aliphatic rings. The molecule has 0 atom stereocenters. The summed E-state index contributed by atoms with van der Waals surface area (Å²) in [6.45, 7) is 9.91. The molecule has 14 heavy (non-hydrogen) atoms. The summed E-state index contributed by atoms with van der Waals surface area (Å²) < 4.78 is 0. The van der Waals surface area contributed by atoms with Crippen molar-refractivity contribution in [2.24, 2.45) is 5.73 Å². The number of amides is 1. The number of hydrogen-bond donors (Lipinski definition) is 1. The highest BCUT2D eigenvalue weighted by Crippen LogP contribution is 2.07. The maximum Gasteiger partial charge on any atom is 0.236 e. The molecule has 1 amide bonds. The molecule has 0 saturated carbocycles. The predicted octanol–water partition coefficient (Wildman–Crippen LogP) is -0.112. The molecule has 82 valence electrons. The second-order valence-corrected chi connectivity index (χ2v) is 4.67. The molecule has 4 heteroatoms. The molecule has 0 radical (unpaired) electrons. The van der Waals surface area contributed by atoms with Crippen LogP contribution in [0.1, 0.15) is 20.8 Å². The van der Waals surface area contributed by atoms with E-state index in [0.29, 0.717) is 6.54 Å². The summed E-state index contributed by atoms with van der Waals surface area (Å²) in [5.74, 6) is 0.225. The Labute approximate surface area is 86.0 Å². The van der Waals surface area contributed by atoms with Crippen molar-refractivity contribution in [3.05, 3.63) is 0 Å². The normalized spacial score (nSPS) is 20.3. The third kappa shape index (κ3) is 3.27. The SMILES string of the molecule is CCN1CCN(CC(C)(C)N)CC1=O. The lowest BCUT2D eigenvalue weighted by molar-refractivity contribution is -0.135. The van der Waals surface area contributed by atoms with Crippen molar-refractivity contribution >= 4 is 5.91 Å². The summed E-state index contributed by atoms with van der Waals surface area (Å²) >= 11 is 0. The number of nitrogens with two attached hydrogens (primary N) is 1. The van der Waals surface area contributed by atoms with E-state index in [-0.39, 0.29) is 11.4 Å². The maximum absolute atomic E-state index is 11.6. The van der Waals surface area contributed by atoms with E-state index in [1.807, 2.05) is 25.7 Å². The first kappa shape index (κ1) is 11.5. The fraction of sp³-hybridized carbons (Fsp3) is 0.900. The molecule has 0 aromatic heterocycles. The number of carbonyl (C=O) groups excluding carboxylic acids is 1. The highest BCUT2D eigenvalue weighted by atomic mass is 16.2. The van der Waals surface area contributed by atoms with Gasteiger partial charge in [0.1, 0.15) is 0 Å². The third-order valence-electron chi connectivity index (χ3n) is 2.41. The fourth-order valence-electron chi connectivity index (χ4n) is 1.80. The molecule has 0 aromatic rings. The Morgan fingerprint density at radius 1 is 1.43 bits per heavy atom. The maximum atomic E-state index is 11.6. The van der Waals surface area contributed by atoms with Gasteiger partial charge in [0.2, 0.25) is 5.91 Å². The number of hydrogen-bond acceptors (Lipinski definition) is 3. The largest absolute Gasteiger partial charge is 0.341 e. The second kappa shape index (κ2) is 4.28. The molecule has 1 rings (SSSR count). The van der Waals surface area contributed by atoms with Crippen LogP contribution in [0.25, 0.3) is 0 Å². The number of likely N-dealkylation sites (N-methyl/N-ethyl adjacent to an activating group) is 1. The van der Waals surface area contributed by atoms with Crippen molar-refractivity contribution in [2.45, 2.75) is 26.3 Å². The van der Waals surface area contributed by atoms with Crippen molar-refractivity contribution in [3.8, 4) is 0 Å². The van der Waals surface area contributed by atoms with Crippen LogP contribution in [0.3, 0.4) is 0 Å². The Balaban J connectivity index is 2.43. The molecule has 0 unspecified atom stereocenters. The molecular weight excluding hydrogens is 178 g/mol. The van der Waals surface area contributed by atoms with Crippen LogP contribution in [-0.4, -0.2) is 54.0 Å². The lowest BCUT2D eigenvalue weighted by Gasteiger charge is -2.36. The minimum atomic E-state index is -0.214. The lowest BCUT2D eigenvalue weighted by atomic mass is 10.1. The van der Waals surface area contributed by atoms with E-state index in [0.717, 1.165) is 26.2 Å². The summed E-state index contributed by atoms with van der Waals surface area (Å²) in [7, 11) is 0. The molecule has 1 saturated heterocycles. The van der Waals surface area contributed by atoms with E-state index >= 15 is 0 Å². The lowest BCUT2D eigenvalue weighted by Crippen LogP contribution is -2.55. The molecular formula is C10H21N3O. The summed E-state index contributed by atoms with van der Waals surface area (Å²) in [5, 5.41) is 0. The van der Waals surface area contributed by atoms with E-state index in [2.05, 4.69) is 4.90 Å². The van der Waals surface area contributed by atoms with Gasteiger partial charge < -0.3 is 10.6 Å². The number of nitrogens with zero attached hydrogens (tertiary/aromatic N) is 2. The van der Waals surface area contributed by atoms with Crippen LogP contribution >= 0.6 is 0 Å². The predicted molar refractivity (Wildman–Crippen MR) is 57.0 cm³/mol. The average molecular weight is 199 g/mol. The molecule has 0 spiro atoms. The van der Waals surface area contributed by atoms with Crippen LogP contribution in [0.4, 0.5) is 0 Å². The summed E-state index contributed by atoms with van der Waals surface area (Å²) in [4.78, 5) is 15.6. The zero-order valence-corrected chi connectivity index (χ0v) is 9.42. The van der Waals surface area contributed by atoms with Gasteiger partial charge in [0.15, 0.2) is 0 Å². The van der Waals surface area contributed by atoms with E-state index in [4.69, 9.17) is 5.73 Å². The molecule has 4 nitrogen and oxygen atoms in total. The Morgan fingerprint density at radius 2 is 2.07 bits per heavy atom. The van der Waals surface area contributed by atoms with Crippen LogP contribution in [0, 0.1) is 0 Å². The smallest absolute Gasteiger partial charge is 0.236 e. The molecule has 1 aliphatic heterocycles. The zero-order valence-electron chi connectivity index (χ0n) is 9.42. The van der Waals surface area contributed by atoms with Gasteiger partial charge >= 0.3 is 0 Å². The van der Waals surface area contributed by atoms with Crippen molar-refractivity contribution in [2.75, 3.05) is 32.7 Å². The van der Waals surface area contributed by atoms with E-state index in [1.54, 1.807) is 0 Å². The highest BCUT2D eigenvalue weighted by Gasteiger charge is 2.25. The first-order valence-corrected chi connectivity index (χ1v) is 5.21. The molecule has 2 N–H and O–H groups in total. The summed E-state index contributed by atoms with van der Waals surface area (Å²) in [6, 6.07) is 0. The number of piperazine rings is 1. The average Bonchev–Trinajstić information content (AvgIpc) is 2.01. The first-order valence-electron chi connectivity index (χ1n) is 5.21. The molecule has 0 bridgehead atoms. The Hall–Kier alpha value is -0.610. The molecule has 1 heterocycles. The van der Waals surface area contributed by atoms with Crippen LogP contribution in [0.5, 0.6) is 0 Å². The Kier molecular flexibility index (Phi) is 3.50. The van der Waals surface area contributed by atoms with Crippen molar-refractivity contribution in [3.63, 3.8) is 0 Å². The molecule has 0 aromatic carbocycles. The van der Waals surface area contributed by atoms with Gasteiger partial charge in [0, 0.05) is 31.7 Å². The van der Waals surface area contributed by atoms with Crippen LogP contribution in [0.15, 0.2) is 0 Å². The fourth-order valence-corrected chi connectivity index (χ4v) is 1.80. The summed E-state index contributed by atoms with van der Waals surface area (Å²) in [5.41, 5.74) is 5.70. The number of carbonyl (C=O) groups is 1. The summed E-state index contributed by atoms with van der Waals surface area (Å²) in [6.07, 6.45) is 0. The van der Waals surface area contributed by atoms with E-state index in [1.165, 1.54) is 0 Å². The van der Waals surface area contributed by atoms with Gasteiger partial charge in [-0.1, -0.05) is 0 Å². The van der Waals surface area contributed by atoms with Crippen molar-refractivity contribution in [1.82, 2.24) is 9.80 Å². The Bertz CT molecular complexity index is 210. The Morgan fingerprint density at radius 3 is 2.50 bits per heavy atom. The van der Waals surface area contributed by atoms with Gasteiger partial charge in [-0.25, -0.2) is 0 Å². The number of rotatable bonds is 3. The van der Waals surface area contributed by atoms with Gasteiger partial charge in [-0.3, -0.25) is 9.69 Å². The highest BCUT2D eigenvalue weighted by molar-refractivity contribution is 5.78. The van der Waals surface area contributed by atoms with Gasteiger partial charge in [0.05, 0.1) is 6.54 Å². The van der Waals surface area contributed by atoms with Crippen molar-refractivity contribution in [1.29, 1.82) is 0 Å². The zero-order chi connectivity index (χ0) is 10.8. The van der Waals surface area contributed by atoms with Gasteiger partial charge in [-0.05, 0) is 20.8 Å². The standard InChI is InChI=1S/C10H21N3O/c1-4-13-6-5-12(7-9(13)14)8-10(2,3)11/h4-8,11H2,1-3H3. The minimum Gasteiger partial charge on any atom is -0.341 e. The van der Waals surface area contributed by atoms with Crippen molar-refractivity contribution < 1.29 is 4.79 Å². The minimum absolute atomic E-state index is 0.214. The van der Waals surface area contributed by atoms with E-state index in [9.17, 15) is 4.79 Å². The van der Waals surface area contributed by atoms with Gasteiger partial charge in [-0.15, -0.1) is 0 Å². The van der Waals surface area contributed by atoms with Gasteiger partial charge in [0.25, 0.3) is 0 Å². The van der Waals surface area contributed by atoms with Crippen LogP contribution in [-0.2, 0) is 4.79 Å². The van der Waals surface area contributed by atoms with E-state index < -0.39 is 0 Å². The monoisotopic (exact) mass is 199 g/mol. The topological polar surface area (TPSA) is 49.6 Å². The first-order chi connectivity index (χ1) is 6.42. The van der Waals surface area contributed by atoms with Gasteiger partial charge in [-0.2, -0.15) is 0 Å². The molecule has 0 aliphatic carbocycles. The van der Waals surface area contributed by atoms with Crippen LogP contribution < -0.4 is 5.73 Å².